The van der Waals surface area contributed by atoms with Crippen molar-refractivity contribution in [2.24, 2.45) is 5.92 Å². The van der Waals surface area contributed by atoms with Crippen LogP contribution in [0.1, 0.15) is 53.0 Å². The summed E-state index contributed by atoms with van der Waals surface area (Å²) >= 11 is 0. The molecule has 7 rings (SSSR count). The third kappa shape index (κ3) is 8.27. The minimum absolute atomic E-state index is 0.0244. The molecule has 1 atom stereocenters. The van der Waals surface area contributed by atoms with E-state index >= 15 is 0 Å². The van der Waals surface area contributed by atoms with Gasteiger partial charge in [0.1, 0.15) is 5.82 Å². The molecule has 3 heterocycles. The van der Waals surface area contributed by atoms with Crippen LogP contribution in [0, 0.1) is 11.7 Å². The fourth-order valence-electron chi connectivity index (χ4n) is 8.53. The molecular formula is C45H51FN4O7. The number of carbonyl (C=O) groups is 2. The number of methoxy groups -OCH3 is 5. The SMILES string of the molecule is COc1ccc(C2(CCN3CCC(C(=O)c4nc5ccccc5n4Cc4ccc(F)cc4)CC3)CCN(C(=O)Cc3cc(OC)c(OC)c(OC)c3)C2)cc1OC. The van der Waals surface area contributed by atoms with Gasteiger partial charge in [0.25, 0.3) is 0 Å². The molecule has 2 aliphatic heterocycles. The number of aromatic nitrogens is 2. The molecule has 0 bridgehead atoms. The molecule has 2 aliphatic rings. The highest BCUT2D eigenvalue weighted by Crippen LogP contribution is 2.43. The second kappa shape index (κ2) is 17.3. The Labute approximate surface area is 333 Å². The van der Waals surface area contributed by atoms with Crippen LogP contribution in [0.25, 0.3) is 11.0 Å². The molecule has 12 heteroatoms. The molecule has 0 spiro atoms. The first-order valence-electron chi connectivity index (χ1n) is 19.4. The summed E-state index contributed by atoms with van der Waals surface area (Å²) < 4.78 is 43.5. The lowest BCUT2D eigenvalue weighted by molar-refractivity contribution is -0.129. The fourth-order valence-corrected chi connectivity index (χ4v) is 8.53. The number of rotatable bonds is 15. The maximum atomic E-state index is 14.1. The quantitative estimate of drug-likeness (QED) is 0.104. The van der Waals surface area contributed by atoms with Gasteiger partial charge in [0.2, 0.25) is 17.4 Å². The van der Waals surface area contributed by atoms with Crippen molar-refractivity contribution in [3.05, 3.63) is 107 Å². The number of nitrogens with zero attached hydrogens (tertiary/aromatic N) is 4. The number of likely N-dealkylation sites (tertiary alicyclic amines) is 2. The maximum absolute atomic E-state index is 14.1. The van der Waals surface area contributed by atoms with Crippen molar-refractivity contribution in [3.63, 3.8) is 0 Å². The average molecular weight is 779 g/mol. The largest absolute Gasteiger partial charge is 0.493 e. The first kappa shape index (κ1) is 39.6. The second-order valence-electron chi connectivity index (χ2n) is 15.0. The van der Waals surface area contributed by atoms with Crippen LogP contribution in [0.2, 0.25) is 0 Å². The van der Waals surface area contributed by atoms with Gasteiger partial charge in [-0.05, 0) is 111 Å². The maximum Gasteiger partial charge on any atom is 0.227 e. The summed E-state index contributed by atoms with van der Waals surface area (Å²) in [5.74, 6) is 2.89. The predicted octanol–water partition coefficient (Wildman–Crippen LogP) is 6.96. The van der Waals surface area contributed by atoms with Gasteiger partial charge in [-0.25, -0.2) is 9.37 Å². The Morgan fingerprint density at radius 3 is 2.12 bits per heavy atom. The van der Waals surface area contributed by atoms with E-state index in [2.05, 4.69) is 17.0 Å². The third-order valence-corrected chi connectivity index (χ3v) is 11.8. The number of carbonyl (C=O) groups excluding carboxylic acids is 2. The van der Waals surface area contributed by atoms with E-state index < -0.39 is 0 Å². The highest BCUT2D eigenvalue weighted by atomic mass is 19.1. The summed E-state index contributed by atoms with van der Waals surface area (Å²) in [5, 5.41) is 0. The van der Waals surface area contributed by atoms with Gasteiger partial charge in [-0.2, -0.15) is 0 Å². The van der Waals surface area contributed by atoms with Crippen LogP contribution in [-0.4, -0.2) is 99.3 Å². The standard InChI is InChI=1S/C45H51FN4O7/c1-53-37-15-12-33(27-38(37)54-2)45(19-23-49(29-45)41(51)26-31-24-39(55-3)43(57-5)40(25-31)56-4)18-22-48-20-16-32(17-21-48)42(52)44-47-35-8-6-7-9-36(35)50(44)28-30-10-13-34(46)14-11-30/h6-15,24-25,27,32H,16-23,26,28-29H2,1-5H3. The van der Waals surface area contributed by atoms with Crippen LogP contribution in [0.4, 0.5) is 4.39 Å². The Kier molecular flexibility index (Phi) is 12.0. The Bertz CT molecular complexity index is 2190. The van der Waals surface area contributed by atoms with Gasteiger partial charge >= 0.3 is 0 Å². The van der Waals surface area contributed by atoms with Crippen LogP contribution in [0.15, 0.2) is 78.9 Å². The number of benzene rings is 4. The molecule has 4 aromatic carbocycles. The number of Topliss-reactive ketones (excluding diaryl/α,β-unsaturated/α-hetero) is 1. The number of piperidine rings is 1. The van der Waals surface area contributed by atoms with E-state index in [1.807, 2.05) is 51.9 Å². The number of halogens is 1. The number of para-hydroxylation sites is 2. The molecule has 0 radical (unpaired) electrons. The number of fused-ring (bicyclic) bond motifs is 1. The monoisotopic (exact) mass is 778 g/mol. The van der Waals surface area contributed by atoms with Gasteiger partial charge in [-0.3, -0.25) is 9.59 Å². The van der Waals surface area contributed by atoms with E-state index in [4.69, 9.17) is 28.7 Å². The number of ketones is 1. The van der Waals surface area contributed by atoms with Crippen LogP contribution in [0.3, 0.4) is 0 Å². The number of hydrogen-bond donors (Lipinski definition) is 0. The normalized spacial score (nSPS) is 17.5. The Balaban J connectivity index is 1.05. The summed E-state index contributed by atoms with van der Waals surface area (Å²) in [7, 11) is 7.95. The van der Waals surface area contributed by atoms with Crippen molar-refractivity contribution in [3.8, 4) is 28.7 Å². The van der Waals surface area contributed by atoms with E-state index in [0.717, 1.165) is 73.0 Å². The number of amides is 1. The van der Waals surface area contributed by atoms with Gasteiger partial charge in [0.05, 0.1) is 53.0 Å². The summed E-state index contributed by atoms with van der Waals surface area (Å²) in [6.45, 7) is 3.98. The summed E-state index contributed by atoms with van der Waals surface area (Å²) in [6.07, 6.45) is 3.26. The zero-order valence-electron chi connectivity index (χ0n) is 33.4. The second-order valence-corrected chi connectivity index (χ2v) is 15.0. The molecule has 2 saturated heterocycles. The molecule has 11 nitrogen and oxygen atoms in total. The van der Waals surface area contributed by atoms with Crippen molar-refractivity contribution >= 4 is 22.7 Å². The zero-order valence-corrected chi connectivity index (χ0v) is 33.4. The molecule has 0 N–H and O–H groups in total. The molecule has 57 heavy (non-hydrogen) atoms. The lowest BCUT2D eigenvalue weighted by Crippen LogP contribution is -2.41. The van der Waals surface area contributed by atoms with Gasteiger partial charge in [0, 0.05) is 31.0 Å². The topological polar surface area (TPSA) is 105 Å². The molecule has 2 fully saturated rings. The lowest BCUT2D eigenvalue weighted by atomic mass is 9.76. The van der Waals surface area contributed by atoms with Crippen LogP contribution in [-0.2, 0) is 23.2 Å². The van der Waals surface area contributed by atoms with Crippen LogP contribution >= 0.6 is 0 Å². The predicted molar refractivity (Wildman–Crippen MR) is 216 cm³/mol. The highest BCUT2D eigenvalue weighted by Gasteiger charge is 2.42. The highest BCUT2D eigenvalue weighted by molar-refractivity contribution is 5.98. The minimum atomic E-state index is -0.317. The summed E-state index contributed by atoms with van der Waals surface area (Å²) in [4.78, 5) is 37.3. The Morgan fingerprint density at radius 1 is 0.772 bits per heavy atom. The zero-order chi connectivity index (χ0) is 40.1. The first-order valence-corrected chi connectivity index (χ1v) is 19.4. The van der Waals surface area contributed by atoms with Crippen molar-refractivity contribution in [2.75, 3.05) is 68.3 Å². The van der Waals surface area contributed by atoms with Gasteiger partial charge in [0.15, 0.2) is 28.8 Å². The van der Waals surface area contributed by atoms with Crippen molar-refractivity contribution in [2.45, 2.75) is 44.1 Å². The van der Waals surface area contributed by atoms with Crippen molar-refractivity contribution < 1.29 is 37.7 Å². The van der Waals surface area contributed by atoms with E-state index in [0.29, 0.717) is 54.2 Å². The van der Waals surface area contributed by atoms with Gasteiger partial charge < -0.3 is 38.1 Å². The molecular weight excluding hydrogens is 728 g/mol. The van der Waals surface area contributed by atoms with Crippen molar-refractivity contribution in [1.29, 1.82) is 0 Å². The van der Waals surface area contributed by atoms with E-state index in [1.54, 1.807) is 47.7 Å². The lowest BCUT2D eigenvalue weighted by Gasteiger charge is -2.36. The molecule has 0 saturated carbocycles. The molecule has 0 aliphatic carbocycles. The van der Waals surface area contributed by atoms with E-state index in [9.17, 15) is 14.0 Å². The van der Waals surface area contributed by atoms with Gasteiger partial charge in [-0.15, -0.1) is 0 Å². The van der Waals surface area contributed by atoms with Gasteiger partial charge in [-0.1, -0.05) is 30.3 Å². The first-order chi connectivity index (χ1) is 27.7. The minimum Gasteiger partial charge on any atom is -0.493 e. The van der Waals surface area contributed by atoms with Crippen LogP contribution in [0.5, 0.6) is 28.7 Å². The average Bonchev–Trinajstić information content (AvgIpc) is 3.86. The molecule has 1 aromatic heterocycles. The summed E-state index contributed by atoms with van der Waals surface area (Å²) in [5.41, 5.74) is 4.13. The number of ether oxygens (including phenoxy) is 5. The Hall–Kier alpha value is -5.62. The third-order valence-electron chi connectivity index (χ3n) is 11.8. The Morgan fingerprint density at radius 2 is 1.46 bits per heavy atom. The smallest absolute Gasteiger partial charge is 0.227 e. The molecule has 5 aromatic rings. The molecule has 1 unspecified atom stereocenters. The molecule has 300 valence electrons. The molecule has 1 amide bonds. The number of imidazole rings is 1. The number of hydrogen-bond acceptors (Lipinski definition) is 9. The summed E-state index contributed by atoms with van der Waals surface area (Å²) in [6, 6.07) is 23.9. The van der Waals surface area contributed by atoms with Crippen molar-refractivity contribution in [1.82, 2.24) is 19.4 Å². The fraction of sp³-hybridized carbons (Fsp3) is 0.400. The van der Waals surface area contributed by atoms with Crippen LogP contribution < -0.4 is 23.7 Å². The van der Waals surface area contributed by atoms with E-state index in [-0.39, 0.29) is 35.3 Å². The van der Waals surface area contributed by atoms with E-state index in [1.165, 1.54) is 12.1 Å².